The SMILES string of the molecule is COCCSc1ccc(C(=O)NC2=N/NNc3ccccc3N=C\C=C\2)cc1Cl. The fourth-order valence-corrected chi connectivity index (χ4v) is 3.56. The van der Waals surface area contributed by atoms with E-state index in [9.17, 15) is 4.79 Å². The fraction of sp³-hybridized carbons (Fsp3) is 0.150. The number of hydrazone groups is 1. The second kappa shape index (κ2) is 10.7. The maximum atomic E-state index is 12.6. The van der Waals surface area contributed by atoms with Gasteiger partial charge >= 0.3 is 0 Å². The number of hydrogen-bond donors (Lipinski definition) is 3. The average Bonchev–Trinajstić information content (AvgIpc) is 2.73. The fourth-order valence-electron chi connectivity index (χ4n) is 2.39. The molecule has 2 aromatic rings. The number of thioether (sulfide) groups is 1. The van der Waals surface area contributed by atoms with Crippen LogP contribution in [0.15, 0.2) is 69.6 Å². The molecule has 0 spiro atoms. The molecular formula is C20H20ClN5O2S. The zero-order valence-corrected chi connectivity index (χ0v) is 17.3. The Kier molecular flexibility index (Phi) is 7.69. The van der Waals surface area contributed by atoms with Gasteiger partial charge in [0, 0.05) is 29.5 Å². The van der Waals surface area contributed by atoms with Crippen molar-refractivity contribution in [1.29, 1.82) is 0 Å². The van der Waals surface area contributed by atoms with Crippen molar-refractivity contribution in [3.05, 3.63) is 65.2 Å². The van der Waals surface area contributed by atoms with E-state index in [0.717, 1.165) is 22.0 Å². The highest BCUT2D eigenvalue weighted by molar-refractivity contribution is 7.99. The number of amides is 1. The van der Waals surface area contributed by atoms with Crippen LogP contribution in [0.1, 0.15) is 10.4 Å². The summed E-state index contributed by atoms with van der Waals surface area (Å²) in [6, 6.07) is 12.7. The molecule has 7 nitrogen and oxygen atoms in total. The van der Waals surface area contributed by atoms with E-state index in [2.05, 4.69) is 26.4 Å². The minimum Gasteiger partial charge on any atom is -0.384 e. The van der Waals surface area contributed by atoms with Crippen LogP contribution in [0, 0.1) is 0 Å². The summed E-state index contributed by atoms with van der Waals surface area (Å²) in [5, 5.41) is 7.43. The lowest BCUT2D eigenvalue weighted by atomic mass is 10.2. The van der Waals surface area contributed by atoms with Crippen LogP contribution in [0.3, 0.4) is 0 Å². The lowest BCUT2D eigenvalue weighted by Crippen LogP contribution is -2.32. The Morgan fingerprint density at radius 3 is 2.97 bits per heavy atom. The van der Waals surface area contributed by atoms with Crippen LogP contribution in [0.2, 0.25) is 5.02 Å². The first-order chi connectivity index (χ1) is 14.2. The van der Waals surface area contributed by atoms with Gasteiger partial charge in [0.1, 0.15) is 0 Å². The summed E-state index contributed by atoms with van der Waals surface area (Å²) in [5.41, 5.74) is 7.64. The molecule has 1 aliphatic rings. The normalized spacial score (nSPS) is 15.9. The number of methoxy groups -OCH3 is 1. The number of halogens is 1. The molecule has 1 amide bonds. The second-order valence-electron chi connectivity index (χ2n) is 5.83. The number of allylic oxidation sites excluding steroid dienone is 1. The quantitative estimate of drug-likeness (QED) is 0.493. The van der Waals surface area contributed by atoms with Crippen LogP contribution in [-0.2, 0) is 4.74 Å². The Labute approximate surface area is 178 Å². The van der Waals surface area contributed by atoms with E-state index in [4.69, 9.17) is 16.3 Å². The Hall–Kier alpha value is -2.81. The molecule has 3 N–H and O–H groups in total. The molecule has 0 bridgehead atoms. The molecule has 3 rings (SSSR count). The highest BCUT2D eigenvalue weighted by Gasteiger charge is 2.11. The molecule has 0 fully saturated rings. The molecule has 0 aromatic heterocycles. The van der Waals surface area contributed by atoms with Crippen LogP contribution in [0.5, 0.6) is 0 Å². The van der Waals surface area contributed by atoms with E-state index in [1.54, 1.807) is 49.4 Å². The Balaban J connectivity index is 1.67. The van der Waals surface area contributed by atoms with Gasteiger partial charge in [0.05, 0.1) is 23.0 Å². The van der Waals surface area contributed by atoms with Gasteiger partial charge in [-0.2, -0.15) is 0 Å². The molecule has 1 heterocycles. The number of benzene rings is 2. The molecule has 0 saturated heterocycles. The third-order valence-corrected chi connectivity index (χ3v) is 5.27. The molecule has 150 valence electrons. The minimum absolute atomic E-state index is 0.320. The molecule has 0 unspecified atom stereocenters. The Morgan fingerprint density at radius 2 is 2.14 bits per heavy atom. The summed E-state index contributed by atoms with van der Waals surface area (Å²) in [7, 11) is 1.65. The molecule has 0 aliphatic carbocycles. The van der Waals surface area contributed by atoms with Crippen LogP contribution in [-0.4, -0.2) is 37.4 Å². The average molecular weight is 430 g/mol. The summed E-state index contributed by atoms with van der Waals surface area (Å²) in [5.74, 6) is 0.787. The van der Waals surface area contributed by atoms with Gasteiger partial charge in [0.25, 0.3) is 5.91 Å². The summed E-state index contributed by atoms with van der Waals surface area (Å²) < 4.78 is 5.04. The summed E-state index contributed by atoms with van der Waals surface area (Å²) in [6.45, 7) is 0.629. The van der Waals surface area contributed by atoms with Crippen molar-refractivity contribution in [3.8, 4) is 0 Å². The summed E-state index contributed by atoms with van der Waals surface area (Å²) in [4.78, 5) is 17.9. The predicted octanol–water partition coefficient (Wildman–Crippen LogP) is 4.01. The van der Waals surface area contributed by atoms with Crippen LogP contribution < -0.4 is 16.3 Å². The van der Waals surface area contributed by atoms with Gasteiger partial charge in [0.15, 0.2) is 5.84 Å². The van der Waals surface area contributed by atoms with Crippen molar-refractivity contribution in [2.24, 2.45) is 10.1 Å². The Bertz CT molecular complexity index is 962. The lowest BCUT2D eigenvalue weighted by molar-refractivity contribution is 0.0977. The lowest BCUT2D eigenvalue weighted by Gasteiger charge is -2.11. The van der Waals surface area contributed by atoms with E-state index in [1.807, 2.05) is 30.3 Å². The minimum atomic E-state index is -0.320. The van der Waals surface area contributed by atoms with Gasteiger partial charge in [-0.1, -0.05) is 23.7 Å². The number of carbonyl (C=O) groups excluding carboxylic acids is 1. The monoisotopic (exact) mass is 429 g/mol. The smallest absolute Gasteiger partial charge is 0.256 e. The number of fused-ring (bicyclic) bond motifs is 1. The topological polar surface area (TPSA) is 87.1 Å². The molecule has 1 aliphatic heterocycles. The third kappa shape index (κ3) is 6.08. The van der Waals surface area contributed by atoms with Crippen LogP contribution in [0.25, 0.3) is 0 Å². The summed E-state index contributed by atoms with van der Waals surface area (Å²) in [6.07, 6.45) is 4.97. The number of aliphatic imine (C=N–C) groups is 1. The maximum absolute atomic E-state index is 12.6. The molecular weight excluding hydrogens is 410 g/mol. The van der Waals surface area contributed by atoms with Gasteiger partial charge in [0.2, 0.25) is 0 Å². The first-order valence-corrected chi connectivity index (χ1v) is 10.1. The number of nitrogens with one attached hydrogen (secondary N) is 3. The number of carbonyl (C=O) groups is 1. The largest absolute Gasteiger partial charge is 0.384 e. The van der Waals surface area contributed by atoms with Gasteiger partial charge < -0.3 is 10.1 Å². The van der Waals surface area contributed by atoms with Crippen molar-refractivity contribution in [2.75, 3.05) is 24.9 Å². The second-order valence-corrected chi connectivity index (χ2v) is 7.37. The molecule has 0 atom stereocenters. The van der Waals surface area contributed by atoms with Gasteiger partial charge in [-0.25, -0.2) is 5.53 Å². The molecule has 2 aromatic carbocycles. The molecule has 0 radical (unpaired) electrons. The number of nitrogens with zero attached hydrogens (tertiary/aromatic N) is 2. The van der Waals surface area contributed by atoms with Gasteiger partial charge in [-0.05, 0) is 42.5 Å². The van der Waals surface area contributed by atoms with Crippen molar-refractivity contribution in [2.45, 2.75) is 4.90 Å². The van der Waals surface area contributed by atoms with E-state index >= 15 is 0 Å². The van der Waals surface area contributed by atoms with E-state index < -0.39 is 0 Å². The molecule has 29 heavy (non-hydrogen) atoms. The van der Waals surface area contributed by atoms with E-state index in [0.29, 0.717) is 23.0 Å². The first-order valence-electron chi connectivity index (χ1n) is 8.78. The standard InChI is InChI=1S/C20H20ClN5O2S/c1-28-11-12-29-18-9-8-14(13-15(18)21)20(27)23-19-7-4-10-22-16-5-2-3-6-17(16)24-26-25-19/h2-10,13,24,26H,11-12H2,1H3,(H,23,25,27)/b7-4+,22-10?. The van der Waals surface area contributed by atoms with Crippen LogP contribution in [0.4, 0.5) is 11.4 Å². The van der Waals surface area contributed by atoms with E-state index in [-0.39, 0.29) is 5.91 Å². The number of amidine groups is 1. The van der Waals surface area contributed by atoms with Crippen molar-refractivity contribution in [1.82, 2.24) is 10.9 Å². The van der Waals surface area contributed by atoms with Crippen molar-refractivity contribution < 1.29 is 9.53 Å². The maximum Gasteiger partial charge on any atom is 0.256 e. The van der Waals surface area contributed by atoms with Crippen molar-refractivity contribution >= 4 is 52.7 Å². The van der Waals surface area contributed by atoms with E-state index in [1.165, 1.54) is 0 Å². The van der Waals surface area contributed by atoms with Gasteiger partial charge in [-0.3, -0.25) is 15.2 Å². The number of hydrogen-bond acceptors (Lipinski definition) is 7. The molecule has 9 heteroatoms. The molecule has 0 saturated carbocycles. The van der Waals surface area contributed by atoms with Crippen LogP contribution >= 0.6 is 23.4 Å². The zero-order chi connectivity index (χ0) is 20.5. The number of para-hydroxylation sites is 2. The number of anilines is 1. The summed E-state index contributed by atoms with van der Waals surface area (Å²) >= 11 is 7.88. The zero-order valence-electron chi connectivity index (χ0n) is 15.7. The highest BCUT2D eigenvalue weighted by atomic mass is 35.5. The number of rotatable bonds is 5. The predicted molar refractivity (Wildman–Crippen MR) is 119 cm³/mol. The third-order valence-electron chi connectivity index (χ3n) is 3.81. The Morgan fingerprint density at radius 1 is 1.28 bits per heavy atom. The van der Waals surface area contributed by atoms with Crippen molar-refractivity contribution in [3.63, 3.8) is 0 Å². The number of ether oxygens (including phenoxy) is 1. The first kappa shape index (κ1) is 20.9. The highest BCUT2D eigenvalue weighted by Crippen LogP contribution is 2.28. The van der Waals surface area contributed by atoms with Gasteiger partial charge in [-0.15, -0.1) is 16.9 Å². The number of hydrazine groups is 1.